The average molecular weight is 465 g/mol. The summed E-state index contributed by atoms with van der Waals surface area (Å²) < 4.78 is 10.9. The van der Waals surface area contributed by atoms with Crippen molar-refractivity contribution in [1.29, 1.82) is 0 Å². The van der Waals surface area contributed by atoms with Crippen LogP contribution in [0.1, 0.15) is 10.4 Å². The van der Waals surface area contributed by atoms with Gasteiger partial charge in [0.15, 0.2) is 4.34 Å². The summed E-state index contributed by atoms with van der Waals surface area (Å²) >= 11 is 8.22. The molecule has 156 valence electrons. The van der Waals surface area contributed by atoms with Gasteiger partial charge in [-0.1, -0.05) is 34.7 Å². The van der Waals surface area contributed by atoms with Gasteiger partial charge in [-0.15, -0.1) is 10.2 Å². The quantitative estimate of drug-likeness (QED) is 0.380. The van der Waals surface area contributed by atoms with Gasteiger partial charge in [-0.2, -0.15) is 0 Å². The number of amides is 2. The van der Waals surface area contributed by atoms with Crippen molar-refractivity contribution in [3.05, 3.63) is 53.1 Å². The monoisotopic (exact) mass is 464 g/mol. The third kappa shape index (κ3) is 6.09. The highest BCUT2D eigenvalue weighted by atomic mass is 35.5. The fourth-order valence-corrected chi connectivity index (χ4v) is 3.96. The molecule has 2 amide bonds. The summed E-state index contributed by atoms with van der Waals surface area (Å²) in [4.78, 5) is 24.5. The van der Waals surface area contributed by atoms with Gasteiger partial charge in [0.05, 0.1) is 20.0 Å². The Hall–Kier alpha value is -2.82. The van der Waals surface area contributed by atoms with Crippen molar-refractivity contribution >= 4 is 57.3 Å². The summed E-state index contributed by atoms with van der Waals surface area (Å²) in [6, 6.07) is 11.7. The molecule has 2 aromatic carbocycles. The summed E-state index contributed by atoms with van der Waals surface area (Å²) in [6.45, 7) is 0. The first kappa shape index (κ1) is 21.9. The molecule has 11 heteroatoms. The van der Waals surface area contributed by atoms with Gasteiger partial charge >= 0.3 is 0 Å². The minimum absolute atomic E-state index is 0.151. The third-order valence-electron chi connectivity index (χ3n) is 3.70. The Labute approximate surface area is 185 Å². The second-order valence-electron chi connectivity index (χ2n) is 5.77. The zero-order valence-corrected chi connectivity index (χ0v) is 18.4. The van der Waals surface area contributed by atoms with E-state index in [-0.39, 0.29) is 17.6 Å². The molecule has 8 nitrogen and oxygen atoms in total. The van der Waals surface area contributed by atoms with Crippen LogP contribution < -0.4 is 20.1 Å². The number of methoxy groups -OCH3 is 2. The first-order valence-electron chi connectivity index (χ1n) is 8.53. The smallest absolute Gasteiger partial charge is 0.257 e. The van der Waals surface area contributed by atoms with Crippen LogP contribution in [0.4, 0.5) is 10.8 Å². The highest BCUT2D eigenvalue weighted by molar-refractivity contribution is 8.01. The number of benzene rings is 2. The van der Waals surface area contributed by atoms with E-state index in [1.807, 2.05) is 0 Å². The molecule has 2 N–H and O–H groups in total. The van der Waals surface area contributed by atoms with Gasteiger partial charge in [-0.05, 0) is 36.4 Å². The molecule has 1 aromatic heterocycles. The SMILES string of the molecule is COc1cc(OC)cc(C(=O)Nc2nnc(SCC(=O)Nc3ccc(Cl)cc3)s2)c1. The van der Waals surface area contributed by atoms with E-state index in [2.05, 4.69) is 20.8 Å². The number of carbonyl (C=O) groups is 2. The predicted molar refractivity (Wildman–Crippen MR) is 118 cm³/mol. The lowest BCUT2D eigenvalue weighted by molar-refractivity contribution is -0.113. The number of aromatic nitrogens is 2. The van der Waals surface area contributed by atoms with Crippen LogP contribution in [0.15, 0.2) is 46.8 Å². The van der Waals surface area contributed by atoms with E-state index in [1.165, 1.54) is 37.3 Å². The number of carbonyl (C=O) groups excluding carboxylic acids is 2. The molecule has 0 aliphatic carbocycles. The molecular formula is C19H17ClN4O4S2. The molecule has 0 bridgehead atoms. The van der Waals surface area contributed by atoms with E-state index >= 15 is 0 Å². The zero-order valence-electron chi connectivity index (χ0n) is 16.0. The molecule has 0 aliphatic heterocycles. The van der Waals surface area contributed by atoms with E-state index in [1.54, 1.807) is 42.5 Å². The molecule has 3 rings (SSSR count). The van der Waals surface area contributed by atoms with Crippen LogP contribution in [0.3, 0.4) is 0 Å². The topological polar surface area (TPSA) is 102 Å². The summed E-state index contributed by atoms with van der Waals surface area (Å²) in [5.41, 5.74) is 1.02. The van der Waals surface area contributed by atoms with E-state index in [9.17, 15) is 9.59 Å². The number of thioether (sulfide) groups is 1. The molecule has 0 saturated carbocycles. The molecule has 3 aromatic rings. The largest absolute Gasteiger partial charge is 0.497 e. The van der Waals surface area contributed by atoms with Crippen molar-refractivity contribution in [3.8, 4) is 11.5 Å². The van der Waals surface area contributed by atoms with Crippen LogP contribution in [-0.4, -0.2) is 42.0 Å². The van der Waals surface area contributed by atoms with Crippen LogP contribution in [0, 0.1) is 0 Å². The zero-order chi connectivity index (χ0) is 21.5. The maximum absolute atomic E-state index is 12.5. The first-order valence-corrected chi connectivity index (χ1v) is 10.7. The van der Waals surface area contributed by atoms with Crippen LogP contribution in [0.2, 0.25) is 5.02 Å². The molecule has 1 heterocycles. The fourth-order valence-electron chi connectivity index (χ4n) is 2.28. The molecule has 0 saturated heterocycles. The van der Waals surface area contributed by atoms with Crippen molar-refractivity contribution in [1.82, 2.24) is 10.2 Å². The predicted octanol–water partition coefficient (Wildman–Crippen LogP) is 4.19. The fraction of sp³-hybridized carbons (Fsp3) is 0.158. The number of halogens is 1. The Balaban J connectivity index is 1.55. The van der Waals surface area contributed by atoms with Gasteiger partial charge in [-0.25, -0.2) is 0 Å². The van der Waals surface area contributed by atoms with Crippen molar-refractivity contribution in [2.75, 3.05) is 30.6 Å². The van der Waals surface area contributed by atoms with E-state index in [4.69, 9.17) is 21.1 Å². The Kier molecular flexibility index (Phi) is 7.50. The standard InChI is InChI=1S/C19H17ClN4O4S2/c1-27-14-7-11(8-15(9-14)28-2)17(26)22-18-23-24-19(30-18)29-10-16(25)21-13-5-3-12(20)4-6-13/h3-9H,10H2,1-2H3,(H,21,25)(H,22,23,26). The Morgan fingerprint density at radius 2 is 1.70 bits per heavy atom. The van der Waals surface area contributed by atoms with Crippen molar-refractivity contribution < 1.29 is 19.1 Å². The van der Waals surface area contributed by atoms with E-state index < -0.39 is 0 Å². The van der Waals surface area contributed by atoms with Gasteiger partial charge in [0, 0.05) is 22.3 Å². The maximum atomic E-state index is 12.5. The lowest BCUT2D eigenvalue weighted by Gasteiger charge is -2.07. The molecule has 0 spiro atoms. The van der Waals surface area contributed by atoms with Crippen LogP contribution in [0.25, 0.3) is 0 Å². The molecule has 0 atom stereocenters. The summed E-state index contributed by atoms with van der Waals surface area (Å²) in [5, 5.41) is 14.3. The van der Waals surface area contributed by atoms with Gasteiger partial charge in [0.25, 0.3) is 5.91 Å². The molecule has 0 radical (unpaired) electrons. The second kappa shape index (κ2) is 10.3. The van der Waals surface area contributed by atoms with Gasteiger partial charge in [0.2, 0.25) is 11.0 Å². The van der Waals surface area contributed by atoms with Crippen molar-refractivity contribution in [3.63, 3.8) is 0 Å². The molecule has 0 aliphatic rings. The lowest BCUT2D eigenvalue weighted by atomic mass is 10.2. The number of rotatable bonds is 8. The van der Waals surface area contributed by atoms with E-state index in [0.717, 1.165) is 0 Å². The lowest BCUT2D eigenvalue weighted by Crippen LogP contribution is -2.13. The maximum Gasteiger partial charge on any atom is 0.257 e. The Bertz CT molecular complexity index is 1020. The number of nitrogens with zero attached hydrogens (tertiary/aromatic N) is 2. The minimum Gasteiger partial charge on any atom is -0.497 e. The van der Waals surface area contributed by atoms with Crippen molar-refractivity contribution in [2.24, 2.45) is 0 Å². The molecule has 0 unspecified atom stereocenters. The molecular weight excluding hydrogens is 448 g/mol. The highest BCUT2D eigenvalue weighted by Gasteiger charge is 2.14. The van der Waals surface area contributed by atoms with E-state index in [0.29, 0.717) is 37.2 Å². The van der Waals surface area contributed by atoms with Gasteiger partial charge in [0.1, 0.15) is 11.5 Å². The van der Waals surface area contributed by atoms with Gasteiger partial charge < -0.3 is 14.8 Å². The van der Waals surface area contributed by atoms with Crippen LogP contribution in [-0.2, 0) is 4.79 Å². The number of anilines is 2. The van der Waals surface area contributed by atoms with Gasteiger partial charge in [-0.3, -0.25) is 14.9 Å². The second-order valence-corrected chi connectivity index (χ2v) is 8.41. The summed E-state index contributed by atoms with van der Waals surface area (Å²) in [5.74, 6) is 0.588. The van der Waals surface area contributed by atoms with Crippen molar-refractivity contribution in [2.45, 2.75) is 4.34 Å². The highest BCUT2D eigenvalue weighted by Crippen LogP contribution is 2.27. The first-order chi connectivity index (χ1) is 14.5. The summed E-state index contributed by atoms with van der Waals surface area (Å²) in [6.07, 6.45) is 0. The molecule has 0 fully saturated rings. The Morgan fingerprint density at radius 1 is 1.03 bits per heavy atom. The average Bonchev–Trinajstić information content (AvgIpc) is 3.20. The Morgan fingerprint density at radius 3 is 2.33 bits per heavy atom. The molecule has 30 heavy (non-hydrogen) atoms. The third-order valence-corrected chi connectivity index (χ3v) is 5.92. The number of ether oxygens (including phenoxy) is 2. The number of hydrogen-bond acceptors (Lipinski definition) is 8. The van der Waals surface area contributed by atoms with Crippen LogP contribution in [0.5, 0.6) is 11.5 Å². The number of nitrogens with one attached hydrogen (secondary N) is 2. The normalized spacial score (nSPS) is 10.4. The van der Waals surface area contributed by atoms with Crippen LogP contribution >= 0.6 is 34.7 Å². The summed E-state index contributed by atoms with van der Waals surface area (Å²) in [7, 11) is 3.02. The number of hydrogen-bond donors (Lipinski definition) is 2. The minimum atomic E-state index is -0.375.